The first-order valence-corrected chi connectivity index (χ1v) is 13.6. The maximum absolute atomic E-state index is 12.9. The average Bonchev–Trinajstić information content (AvgIpc) is 3.04. The van der Waals surface area contributed by atoms with E-state index in [2.05, 4.69) is 77.7 Å². The number of aromatic nitrogens is 1. The lowest BCUT2D eigenvalue weighted by Gasteiger charge is -2.26. The Balaban J connectivity index is 2.23. The van der Waals surface area contributed by atoms with Crippen LogP contribution in [0.25, 0.3) is 10.9 Å². The second kappa shape index (κ2) is 10.8. The number of fused-ring (bicyclic) bond motifs is 1. The van der Waals surface area contributed by atoms with Crippen LogP contribution in [0.5, 0.6) is 5.75 Å². The van der Waals surface area contributed by atoms with Crippen LogP contribution < -0.4 is 4.74 Å². The number of carbonyl (C=O) groups is 1. The van der Waals surface area contributed by atoms with Gasteiger partial charge in [-0.25, -0.2) is 0 Å². The van der Waals surface area contributed by atoms with Gasteiger partial charge in [0.2, 0.25) is 0 Å². The summed E-state index contributed by atoms with van der Waals surface area (Å²) in [5.41, 5.74) is 4.12. The number of methoxy groups -OCH3 is 1. The van der Waals surface area contributed by atoms with Crippen molar-refractivity contribution < 1.29 is 14.3 Å². The van der Waals surface area contributed by atoms with Crippen LogP contribution in [-0.2, 0) is 27.8 Å². The van der Waals surface area contributed by atoms with Gasteiger partial charge in [-0.1, -0.05) is 61.0 Å². The van der Waals surface area contributed by atoms with E-state index in [1.165, 1.54) is 16.0 Å². The van der Waals surface area contributed by atoms with Crippen molar-refractivity contribution in [2.24, 2.45) is 5.41 Å². The predicted octanol–water partition coefficient (Wildman–Crippen LogP) is 7.62. The molecule has 4 nitrogen and oxygen atoms in total. The minimum Gasteiger partial charge on any atom is -0.497 e. The third-order valence-electron chi connectivity index (χ3n) is 5.69. The Hall–Kier alpha value is -1.92. The molecule has 0 spiro atoms. The quantitative estimate of drug-likeness (QED) is 0.157. The Morgan fingerprint density at radius 2 is 1.68 bits per heavy atom. The number of halogens is 1. The van der Waals surface area contributed by atoms with Gasteiger partial charge in [-0.3, -0.25) is 4.79 Å². The molecule has 0 amide bonds. The molecule has 34 heavy (non-hydrogen) atoms. The number of hydrogen-bond acceptors (Lipinski definition) is 4. The molecule has 0 fully saturated rings. The molecule has 0 N–H and O–H groups in total. The van der Waals surface area contributed by atoms with Crippen LogP contribution in [-0.4, -0.2) is 29.0 Å². The number of alkyl halides is 1. The molecule has 3 aromatic rings. The van der Waals surface area contributed by atoms with Crippen LogP contribution in [0.15, 0.2) is 47.4 Å². The minimum atomic E-state index is -0.654. The number of carbonyl (C=O) groups excluding carboxylic acids is 1. The van der Waals surface area contributed by atoms with Gasteiger partial charge in [0, 0.05) is 44.5 Å². The maximum Gasteiger partial charge on any atom is 0.311 e. The summed E-state index contributed by atoms with van der Waals surface area (Å²) in [6, 6.07) is 14.9. The van der Waals surface area contributed by atoms with Crippen molar-refractivity contribution in [1.29, 1.82) is 0 Å². The van der Waals surface area contributed by atoms with Crippen molar-refractivity contribution in [2.75, 3.05) is 13.7 Å². The van der Waals surface area contributed by atoms with Gasteiger partial charge in [-0.05, 0) is 50.1 Å². The smallest absolute Gasteiger partial charge is 0.311 e. The fourth-order valence-corrected chi connectivity index (χ4v) is 5.55. The molecule has 0 radical (unpaired) electrons. The van der Waals surface area contributed by atoms with Crippen molar-refractivity contribution >= 4 is 44.6 Å². The molecule has 0 aliphatic heterocycles. The minimum absolute atomic E-state index is 0.00251. The first-order chi connectivity index (χ1) is 16.0. The first kappa shape index (κ1) is 26.7. The molecule has 2 aromatic carbocycles. The molecule has 1 aromatic heterocycles. The van der Waals surface area contributed by atoms with Gasteiger partial charge >= 0.3 is 5.97 Å². The van der Waals surface area contributed by atoms with Crippen LogP contribution >= 0.6 is 27.7 Å². The number of ether oxygens (including phenoxy) is 2. The number of benzene rings is 2. The summed E-state index contributed by atoms with van der Waals surface area (Å²) < 4.78 is 13.4. The SMILES string of the molecule is CCOC(=O)C(C)(C)Cc1c(SC(C)(C)C)c2cc(OC)ccc2n1Cc1ccc(CBr)cc1. The largest absolute Gasteiger partial charge is 0.497 e. The van der Waals surface area contributed by atoms with E-state index in [-0.39, 0.29) is 10.7 Å². The Labute approximate surface area is 216 Å². The highest BCUT2D eigenvalue weighted by Crippen LogP contribution is 2.44. The zero-order chi connectivity index (χ0) is 25.1. The van der Waals surface area contributed by atoms with E-state index in [0.717, 1.165) is 34.2 Å². The molecule has 0 saturated carbocycles. The summed E-state index contributed by atoms with van der Waals surface area (Å²) in [5, 5.41) is 2.00. The van der Waals surface area contributed by atoms with Crippen molar-refractivity contribution in [1.82, 2.24) is 4.57 Å². The number of esters is 1. The lowest BCUT2D eigenvalue weighted by atomic mass is 9.87. The van der Waals surface area contributed by atoms with Gasteiger partial charge in [-0.15, -0.1) is 11.8 Å². The maximum atomic E-state index is 12.9. The second-order valence-electron chi connectivity index (χ2n) is 10.2. The van der Waals surface area contributed by atoms with Gasteiger partial charge in [0.05, 0.1) is 19.1 Å². The number of nitrogens with zero attached hydrogens (tertiary/aromatic N) is 1. The van der Waals surface area contributed by atoms with Crippen molar-refractivity contribution in [3.63, 3.8) is 0 Å². The highest BCUT2D eigenvalue weighted by molar-refractivity contribution is 9.08. The van der Waals surface area contributed by atoms with E-state index in [4.69, 9.17) is 9.47 Å². The molecule has 3 rings (SSSR count). The molecule has 0 bridgehead atoms. The molecule has 0 aliphatic carbocycles. The van der Waals surface area contributed by atoms with Gasteiger partial charge < -0.3 is 14.0 Å². The molecule has 0 atom stereocenters. The van der Waals surface area contributed by atoms with Crippen LogP contribution in [0.4, 0.5) is 0 Å². The molecule has 1 heterocycles. The lowest BCUT2D eigenvalue weighted by molar-refractivity contribution is -0.153. The lowest BCUT2D eigenvalue weighted by Crippen LogP contribution is -2.30. The van der Waals surface area contributed by atoms with Crippen molar-refractivity contribution in [2.45, 2.75) is 69.5 Å². The van der Waals surface area contributed by atoms with Crippen LogP contribution in [0.3, 0.4) is 0 Å². The molecule has 6 heteroatoms. The number of hydrogen-bond donors (Lipinski definition) is 0. The van der Waals surface area contributed by atoms with E-state index < -0.39 is 5.41 Å². The standard InChI is InChI=1S/C28H36BrNO3S/c1-8-33-26(31)28(5,6)16-24-25(34-27(2,3)4)22-15-21(32-7)13-14-23(22)30(24)18-20-11-9-19(17-29)10-12-20/h9-15H,8,16-18H2,1-7H3. The molecule has 0 unspecified atom stereocenters. The van der Waals surface area contributed by atoms with E-state index in [9.17, 15) is 4.79 Å². The van der Waals surface area contributed by atoms with Crippen molar-refractivity contribution in [3.8, 4) is 5.75 Å². The Morgan fingerprint density at radius 3 is 2.24 bits per heavy atom. The topological polar surface area (TPSA) is 40.5 Å². The summed E-state index contributed by atoms with van der Waals surface area (Å²) in [7, 11) is 1.70. The van der Waals surface area contributed by atoms with Gasteiger partial charge in [0.15, 0.2) is 0 Å². The molecule has 184 valence electrons. The Kier molecular flexibility index (Phi) is 8.46. The third-order valence-corrected chi connectivity index (χ3v) is 7.61. The van der Waals surface area contributed by atoms with Gasteiger partial charge in [-0.2, -0.15) is 0 Å². The highest BCUT2D eigenvalue weighted by atomic mass is 79.9. The Morgan fingerprint density at radius 1 is 1.03 bits per heavy atom. The van der Waals surface area contributed by atoms with E-state index in [1.807, 2.05) is 38.6 Å². The van der Waals surface area contributed by atoms with Gasteiger partial charge in [0.1, 0.15) is 5.75 Å². The van der Waals surface area contributed by atoms with E-state index in [1.54, 1.807) is 7.11 Å². The summed E-state index contributed by atoms with van der Waals surface area (Å²) in [6.45, 7) is 13.6. The molecule has 0 saturated heterocycles. The Bertz CT molecular complexity index is 1140. The molecular weight excluding hydrogens is 510 g/mol. The fourth-order valence-electron chi connectivity index (χ4n) is 3.99. The zero-order valence-corrected chi connectivity index (χ0v) is 23.7. The second-order valence-corrected chi connectivity index (χ2v) is 12.6. The first-order valence-electron chi connectivity index (χ1n) is 11.7. The summed E-state index contributed by atoms with van der Waals surface area (Å²) >= 11 is 5.38. The summed E-state index contributed by atoms with van der Waals surface area (Å²) in [4.78, 5) is 14.1. The van der Waals surface area contributed by atoms with Gasteiger partial charge in [0.25, 0.3) is 0 Å². The number of thioether (sulfide) groups is 1. The third kappa shape index (κ3) is 6.19. The highest BCUT2D eigenvalue weighted by Gasteiger charge is 2.34. The van der Waals surface area contributed by atoms with E-state index >= 15 is 0 Å². The average molecular weight is 547 g/mol. The van der Waals surface area contributed by atoms with Crippen molar-refractivity contribution in [3.05, 3.63) is 59.3 Å². The van der Waals surface area contributed by atoms with Crippen LogP contribution in [0, 0.1) is 5.41 Å². The van der Waals surface area contributed by atoms with Crippen LogP contribution in [0.2, 0.25) is 0 Å². The predicted molar refractivity (Wildman–Crippen MR) is 146 cm³/mol. The number of rotatable bonds is 9. The summed E-state index contributed by atoms with van der Waals surface area (Å²) in [6.07, 6.45) is 0.584. The monoisotopic (exact) mass is 545 g/mol. The zero-order valence-electron chi connectivity index (χ0n) is 21.3. The molecular formula is C28H36BrNO3S. The van der Waals surface area contributed by atoms with Crippen LogP contribution in [0.1, 0.15) is 58.4 Å². The molecule has 0 aliphatic rings. The van der Waals surface area contributed by atoms with E-state index in [0.29, 0.717) is 13.0 Å². The normalized spacial score (nSPS) is 12.2. The summed E-state index contributed by atoms with van der Waals surface area (Å²) in [5.74, 6) is 0.663. The fraction of sp³-hybridized carbons (Fsp3) is 0.464.